The van der Waals surface area contributed by atoms with Crippen LogP contribution < -0.4 is 16.6 Å². The van der Waals surface area contributed by atoms with E-state index < -0.39 is 17.3 Å². The van der Waals surface area contributed by atoms with Crippen molar-refractivity contribution in [3.63, 3.8) is 0 Å². The molecule has 3 aromatic rings. The van der Waals surface area contributed by atoms with Gasteiger partial charge in [0, 0.05) is 11.6 Å². The second-order valence-electron chi connectivity index (χ2n) is 7.56. The van der Waals surface area contributed by atoms with Crippen LogP contribution in [-0.2, 0) is 4.79 Å². The van der Waals surface area contributed by atoms with Crippen molar-refractivity contribution in [2.75, 3.05) is 6.54 Å². The zero-order chi connectivity index (χ0) is 21.3. The Morgan fingerprint density at radius 3 is 2.45 bits per heavy atom. The van der Waals surface area contributed by atoms with Gasteiger partial charge in [-0.3, -0.25) is 14.2 Å². The van der Waals surface area contributed by atoms with Crippen LogP contribution in [0.25, 0.3) is 16.6 Å². The van der Waals surface area contributed by atoms with E-state index >= 15 is 0 Å². The van der Waals surface area contributed by atoms with Gasteiger partial charge in [-0.15, -0.1) is 0 Å². The third-order valence-electron chi connectivity index (χ3n) is 4.86. The second kappa shape index (κ2) is 8.25. The molecule has 0 aliphatic rings. The van der Waals surface area contributed by atoms with Crippen molar-refractivity contribution in [2.24, 2.45) is 5.92 Å². The number of benzene rings is 2. The average Bonchev–Trinajstić information content (AvgIpc) is 2.68. The lowest BCUT2D eigenvalue weighted by Gasteiger charge is -2.20. The number of amides is 1. The molecule has 0 saturated carbocycles. The number of aromatic nitrogens is 2. The van der Waals surface area contributed by atoms with Gasteiger partial charge in [-0.1, -0.05) is 43.6 Å². The predicted molar refractivity (Wildman–Crippen MR) is 116 cm³/mol. The molecule has 0 saturated heterocycles. The Balaban J connectivity index is 2.27. The molecule has 0 bridgehead atoms. The van der Waals surface area contributed by atoms with E-state index in [9.17, 15) is 14.4 Å². The maximum absolute atomic E-state index is 13.4. The van der Waals surface area contributed by atoms with Crippen LogP contribution in [0.15, 0.2) is 52.1 Å². The molecule has 0 spiro atoms. The van der Waals surface area contributed by atoms with Gasteiger partial charge >= 0.3 is 5.69 Å². The molecule has 29 heavy (non-hydrogen) atoms. The maximum atomic E-state index is 13.4. The van der Waals surface area contributed by atoms with Crippen LogP contribution in [0.1, 0.15) is 32.4 Å². The number of fused-ring (bicyclic) bond motifs is 1. The first-order chi connectivity index (χ1) is 13.7. The quantitative estimate of drug-likeness (QED) is 0.696. The molecule has 1 atom stereocenters. The van der Waals surface area contributed by atoms with E-state index in [0.717, 1.165) is 10.1 Å². The van der Waals surface area contributed by atoms with Gasteiger partial charge in [-0.25, -0.2) is 9.36 Å². The molecule has 0 unspecified atom stereocenters. The number of carbonyl (C=O) groups excluding carboxylic acids is 1. The molecule has 1 amide bonds. The molecule has 1 aromatic heterocycles. The number of hydrogen-bond donors (Lipinski definition) is 1. The fraction of sp³-hybridized carbons (Fsp3) is 0.318. The lowest BCUT2D eigenvalue weighted by molar-refractivity contribution is -0.124. The summed E-state index contributed by atoms with van der Waals surface area (Å²) < 4.78 is 2.43. The third kappa shape index (κ3) is 3.98. The minimum Gasteiger partial charge on any atom is -0.354 e. The predicted octanol–water partition coefficient (Wildman–Crippen LogP) is 3.45. The average molecular weight is 414 g/mol. The SMILES string of the molecule is Cc1ccc(-n2c(=O)c3ccccc3n([C@@H](C)C(=O)NCC(C)C)c2=O)cc1Cl. The van der Waals surface area contributed by atoms with E-state index in [0.29, 0.717) is 28.2 Å². The molecule has 0 radical (unpaired) electrons. The third-order valence-corrected chi connectivity index (χ3v) is 5.27. The fourth-order valence-corrected chi connectivity index (χ4v) is 3.35. The van der Waals surface area contributed by atoms with E-state index in [4.69, 9.17) is 11.6 Å². The molecule has 152 valence electrons. The van der Waals surface area contributed by atoms with Gasteiger partial charge in [0.1, 0.15) is 6.04 Å². The van der Waals surface area contributed by atoms with Crippen LogP contribution >= 0.6 is 11.6 Å². The van der Waals surface area contributed by atoms with Crippen molar-refractivity contribution < 1.29 is 4.79 Å². The zero-order valence-corrected chi connectivity index (χ0v) is 17.7. The summed E-state index contributed by atoms with van der Waals surface area (Å²) in [5.74, 6) is 0.00126. The van der Waals surface area contributed by atoms with Crippen molar-refractivity contribution >= 4 is 28.4 Å². The first-order valence-corrected chi connectivity index (χ1v) is 9.90. The van der Waals surface area contributed by atoms with Gasteiger partial charge < -0.3 is 5.32 Å². The molecule has 3 rings (SSSR count). The summed E-state index contributed by atoms with van der Waals surface area (Å²) >= 11 is 6.22. The van der Waals surface area contributed by atoms with E-state index in [2.05, 4.69) is 5.32 Å². The molecular weight excluding hydrogens is 390 g/mol. The first-order valence-electron chi connectivity index (χ1n) is 9.53. The lowest BCUT2D eigenvalue weighted by atomic mass is 10.2. The van der Waals surface area contributed by atoms with Crippen molar-refractivity contribution in [1.82, 2.24) is 14.5 Å². The van der Waals surface area contributed by atoms with Crippen LogP contribution in [0, 0.1) is 12.8 Å². The number of hydrogen-bond acceptors (Lipinski definition) is 3. The van der Waals surface area contributed by atoms with Crippen molar-refractivity contribution in [1.29, 1.82) is 0 Å². The summed E-state index contributed by atoms with van der Waals surface area (Å²) in [6, 6.07) is 11.0. The Kier molecular flexibility index (Phi) is 5.94. The summed E-state index contributed by atoms with van der Waals surface area (Å²) in [6.45, 7) is 7.99. The Hall–Kier alpha value is -2.86. The number of aryl methyl sites for hydroxylation is 1. The second-order valence-corrected chi connectivity index (χ2v) is 7.97. The minimum absolute atomic E-state index is 0.280. The highest BCUT2D eigenvalue weighted by molar-refractivity contribution is 6.31. The Labute approximate surface area is 173 Å². The molecule has 6 nitrogen and oxygen atoms in total. The summed E-state index contributed by atoms with van der Waals surface area (Å²) in [6.07, 6.45) is 0. The molecule has 0 fully saturated rings. The number of para-hydroxylation sites is 1. The van der Waals surface area contributed by atoms with E-state index in [1.54, 1.807) is 49.4 Å². The molecule has 0 aliphatic carbocycles. The number of halogens is 1. The minimum atomic E-state index is -0.793. The van der Waals surface area contributed by atoms with Crippen molar-refractivity contribution in [2.45, 2.75) is 33.7 Å². The standard InChI is InChI=1S/C22H24ClN3O3/c1-13(2)12-24-20(27)15(4)25-19-8-6-5-7-17(19)21(28)26(22(25)29)16-10-9-14(3)18(23)11-16/h5-11,13,15H,12H2,1-4H3,(H,24,27)/t15-/m0/s1. The normalized spacial score (nSPS) is 12.3. The number of nitrogens with one attached hydrogen (secondary N) is 1. The van der Waals surface area contributed by atoms with Crippen LogP contribution in [0.2, 0.25) is 5.02 Å². The smallest absolute Gasteiger partial charge is 0.336 e. The first kappa shape index (κ1) is 20.9. The monoisotopic (exact) mass is 413 g/mol. The van der Waals surface area contributed by atoms with E-state index in [-0.39, 0.29) is 11.8 Å². The van der Waals surface area contributed by atoms with Gasteiger partial charge in [0.15, 0.2) is 0 Å². The highest BCUT2D eigenvalue weighted by Crippen LogP contribution is 2.19. The number of rotatable bonds is 5. The molecule has 1 heterocycles. The van der Waals surface area contributed by atoms with Gasteiger partial charge in [-0.2, -0.15) is 0 Å². The Bertz CT molecular complexity index is 1190. The van der Waals surface area contributed by atoms with Crippen LogP contribution in [0.3, 0.4) is 0 Å². The number of nitrogens with zero attached hydrogens (tertiary/aromatic N) is 2. The van der Waals surface area contributed by atoms with E-state index in [1.807, 2.05) is 20.8 Å². The summed E-state index contributed by atoms with van der Waals surface area (Å²) in [5.41, 5.74) is 0.595. The van der Waals surface area contributed by atoms with Crippen LogP contribution in [0.4, 0.5) is 0 Å². The largest absolute Gasteiger partial charge is 0.354 e. The highest BCUT2D eigenvalue weighted by Gasteiger charge is 2.22. The lowest BCUT2D eigenvalue weighted by Crippen LogP contribution is -2.44. The van der Waals surface area contributed by atoms with Crippen LogP contribution in [0.5, 0.6) is 0 Å². The summed E-state index contributed by atoms with van der Waals surface area (Å²) in [7, 11) is 0. The van der Waals surface area contributed by atoms with Gasteiger partial charge in [-0.05, 0) is 49.6 Å². The van der Waals surface area contributed by atoms with Crippen LogP contribution in [-0.4, -0.2) is 21.6 Å². The summed E-state index contributed by atoms with van der Waals surface area (Å²) in [5, 5.41) is 3.66. The van der Waals surface area contributed by atoms with Crippen molar-refractivity contribution in [3.8, 4) is 5.69 Å². The maximum Gasteiger partial charge on any atom is 0.336 e. The summed E-state index contributed by atoms with van der Waals surface area (Å²) in [4.78, 5) is 39.2. The molecular formula is C22H24ClN3O3. The van der Waals surface area contributed by atoms with Gasteiger partial charge in [0.2, 0.25) is 5.91 Å². The van der Waals surface area contributed by atoms with Gasteiger partial charge in [0.05, 0.1) is 16.6 Å². The zero-order valence-electron chi connectivity index (χ0n) is 16.9. The molecule has 7 heteroatoms. The topological polar surface area (TPSA) is 73.1 Å². The molecule has 0 aliphatic heterocycles. The highest BCUT2D eigenvalue weighted by atomic mass is 35.5. The number of carbonyl (C=O) groups is 1. The molecule has 2 aromatic carbocycles. The Morgan fingerprint density at radius 1 is 1.10 bits per heavy atom. The fourth-order valence-electron chi connectivity index (χ4n) is 3.18. The molecule has 1 N–H and O–H groups in total. The van der Waals surface area contributed by atoms with Gasteiger partial charge in [0.25, 0.3) is 5.56 Å². The van der Waals surface area contributed by atoms with E-state index in [1.165, 1.54) is 4.57 Å². The van der Waals surface area contributed by atoms with Crippen molar-refractivity contribution in [3.05, 3.63) is 73.9 Å². The Morgan fingerprint density at radius 2 is 1.79 bits per heavy atom.